The Bertz CT molecular complexity index is 1260. The number of aryl methyl sites for hydroxylation is 1. The lowest BCUT2D eigenvalue weighted by atomic mass is 10.1. The molecule has 3 rings (SSSR count). The van der Waals surface area contributed by atoms with Crippen LogP contribution in [0, 0.1) is 0 Å². The second-order valence-electron chi connectivity index (χ2n) is 7.82. The van der Waals surface area contributed by atoms with Gasteiger partial charge in [-0.3, -0.25) is 19.3 Å². The molecule has 0 aliphatic heterocycles. The maximum Gasteiger partial charge on any atom is 0.221 e. The molecule has 0 atom stereocenters. The van der Waals surface area contributed by atoms with Gasteiger partial charge in [-0.25, -0.2) is 0 Å². The van der Waals surface area contributed by atoms with Crippen LogP contribution >= 0.6 is 45.6 Å². The first kappa shape index (κ1) is 30.5. The fraction of sp³-hybridized carbons (Fsp3) is 0.231. The Balaban J connectivity index is 0.00000481. The van der Waals surface area contributed by atoms with Crippen LogP contribution in [0.1, 0.15) is 22.3 Å². The number of nitrogens with one attached hydrogen (secondary N) is 2. The molecule has 4 N–H and O–H groups in total. The monoisotopic (exact) mass is 654 g/mol. The second kappa shape index (κ2) is 16.2. The molecule has 3 aromatic rings. The number of amides is 2. The summed E-state index contributed by atoms with van der Waals surface area (Å²) in [6.45, 7) is 4.46. The topological polar surface area (TPSA) is 114 Å². The van der Waals surface area contributed by atoms with Crippen LogP contribution in [0.5, 0.6) is 0 Å². The van der Waals surface area contributed by atoms with Gasteiger partial charge in [-0.05, 0) is 35.4 Å². The van der Waals surface area contributed by atoms with E-state index in [1.807, 2.05) is 65.6 Å². The van der Waals surface area contributed by atoms with E-state index >= 15 is 0 Å². The van der Waals surface area contributed by atoms with Gasteiger partial charge in [0, 0.05) is 75.9 Å². The van der Waals surface area contributed by atoms with Gasteiger partial charge in [0.25, 0.3) is 0 Å². The van der Waals surface area contributed by atoms with Crippen molar-refractivity contribution in [1.82, 2.24) is 9.78 Å². The molecule has 0 fully saturated rings. The maximum atomic E-state index is 11.3. The number of carbonyl (C=O) groups excluding carboxylic acids is 2. The van der Waals surface area contributed by atoms with Gasteiger partial charge in [0.1, 0.15) is 0 Å². The van der Waals surface area contributed by atoms with E-state index in [9.17, 15) is 9.59 Å². The van der Waals surface area contributed by atoms with Gasteiger partial charge in [0.05, 0.1) is 12.7 Å². The zero-order chi connectivity index (χ0) is 25.8. The standard InChI is InChI=1S/C26H30N6O2S2.HI.2H2/c1-19(33)30-25-7-3-5-21(13-25)23(15-27)16-28-9-11-35-36-12-10-32-18-24(17-29-32)22-6-4-8-26(14-22)31-20(2)34;;;/h3-8,13-18H,9-12,27H2,1-2H3,(H,30,33)(H,31,34);3*1H/b23-15+,28-16?;;;. The van der Waals surface area contributed by atoms with E-state index in [2.05, 4.69) is 20.7 Å². The third-order valence-electron chi connectivity index (χ3n) is 4.87. The Kier molecular flexibility index (Phi) is 13.3. The number of hydrogen-bond acceptors (Lipinski definition) is 7. The quantitative estimate of drug-likeness (QED) is 0.0952. The number of hydrogen-bond donors (Lipinski definition) is 3. The van der Waals surface area contributed by atoms with Crippen molar-refractivity contribution in [1.29, 1.82) is 0 Å². The molecule has 0 saturated carbocycles. The summed E-state index contributed by atoms with van der Waals surface area (Å²) in [7, 11) is 3.56. The van der Waals surface area contributed by atoms with E-state index in [0.717, 1.165) is 51.7 Å². The fourth-order valence-corrected chi connectivity index (χ4v) is 5.14. The number of carbonyl (C=O) groups is 2. The minimum atomic E-state index is -0.116. The lowest BCUT2D eigenvalue weighted by molar-refractivity contribution is -0.115. The van der Waals surface area contributed by atoms with Crippen molar-refractivity contribution < 1.29 is 12.4 Å². The average Bonchev–Trinajstić information content (AvgIpc) is 3.32. The number of benzene rings is 2. The summed E-state index contributed by atoms with van der Waals surface area (Å²) in [5, 5.41) is 10.0. The minimum Gasteiger partial charge on any atom is -0.404 e. The lowest BCUT2D eigenvalue weighted by Crippen LogP contribution is -2.06. The summed E-state index contributed by atoms with van der Waals surface area (Å²) >= 11 is 0. The van der Waals surface area contributed by atoms with Crippen molar-refractivity contribution >= 4 is 80.5 Å². The summed E-state index contributed by atoms with van der Waals surface area (Å²) in [6.07, 6.45) is 7.15. The Hall–Kier alpha value is -2.77. The number of rotatable bonds is 12. The van der Waals surface area contributed by atoms with Gasteiger partial charge in [0.2, 0.25) is 11.8 Å². The highest BCUT2D eigenvalue weighted by Crippen LogP contribution is 2.24. The Labute approximate surface area is 245 Å². The first-order chi connectivity index (χ1) is 17.4. The second-order valence-corrected chi connectivity index (χ2v) is 10.5. The number of nitrogens with zero attached hydrogens (tertiary/aromatic N) is 3. The van der Waals surface area contributed by atoms with Gasteiger partial charge in [-0.15, -0.1) is 24.0 Å². The van der Waals surface area contributed by atoms with Crippen molar-refractivity contribution in [3.05, 3.63) is 72.7 Å². The molecule has 1 aromatic heterocycles. The third-order valence-corrected chi connectivity index (χ3v) is 7.23. The van der Waals surface area contributed by atoms with Crippen molar-refractivity contribution in [3.63, 3.8) is 0 Å². The van der Waals surface area contributed by atoms with Gasteiger partial charge < -0.3 is 16.4 Å². The molecule has 0 radical (unpaired) electrons. The molecule has 11 heteroatoms. The van der Waals surface area contributed by atoms with E-state index in [1.54, 1.807) is 27.8 Å². The molecule has 1 heterocycles. The largest absolute Gasteiger partial charge is 0.404 e. The van der Waals surface area contributed by atoms with Crippen molar-refractivity contribution in [2.75, 3.05) is 28.7 Å². The van der Waals surface area contributed by atoms with E-state index < -0.39 is 0 Å². The van der Waals surface area contributed by atoms with Crippen LogP contribution < -0.4 is 16.4 Å². The van der Waals surface area contributed by atoms with Crippen LogP contribution in [0.15, 0.2) is 72.1 Å². The van der Waals surface area contributed by atoms with Crippen molar-refractivity contribution in [2.24, 2.45) is 10.7 Å². The highest BCUT2D eigenvalue weighted by atomic mass is 127. The van der Waals surface area contributed by atoms with E-state index in [-0.39, 0.29) is 38.6 Å². The molecule has 0 aliphatic carbocycles. The van der Waals surface area contributed by atoms with Crippen LogP contribution in [-0.4, -0.2) is 45.9 Å². The fourth-order valence-electron chi connectivity index (χ4n) is 3.31. The normalized spacial score (nSPS) is 11.2. The number of halogens is 1. The lowest BCUT2D eigenvalue weighted by Gasteiger charge is -2.06. The number of nitrogens with two attached hydrogens (primary N) is 1. The molecule has 0 bridgehead atoms. The molecular weight excluding hydrogens is 619 g/mol. The average molecular weight is 655 g/mol. The van der Waals surface area contributed by atoms with E-state index in [1.165, 1.54) is 20.0 Å². The molecule has 0 spiro atoms. The highest BCUT2D eigenvalue weighted by Gasteiger charge is 2.05. The predicted molar refractivity (Wildman–Crippen MR) is 173 cm³/mol. The molecular formula is C26H35IN6O2S2. The SMILES string of the molecule is CC(=O)Nc1cccc(/C(C=NCCSSCCn2cc(-c3cccc(NC(C)=O)c3)cn2)=C/N)c1.I.[HH].[HH]. The minimum absolute atomic E-state index is 0. The summed E-state index contributed by atoms with van der Waals surface area (Å²) in [4.78, 5) is 27.0. The molecule has 37 heavy (non-hydrogen) atoms. The smallest absolute Gasteiger partial charge is 0.221 e. The summed E-state index contributed by atoms with van der Waals surface area (Å²) in [6, 6.07) is 15.2. The van der Waals surface area contributed by atoms with Crippen molar-refractivity contribution in [3.8, 4) is 11.1 Å². The van der Waals surface area contributed by atoms with Crippen LogP contribution in [-0.2, 0) is 16.1 Å². The van der Waals surface area contributed by atoms with Crippen LogP contribution in [0.3, 0.4) is 0 Å². The van der Waals surface area contributed by atoms with Gasteiger partial charge in [-0.1, -0.05) is 45.9 Å². The maximum absolute atomic E-state index is 11.3. The molecule has 0 unspecified atom stereocenters. The number of aliphatic imine (C=N–C) groups is 1. The molecule has 0 saturated heterocycles. The first-order valence-corrected chi connectivity index (χ1v) is 13.9. The van der Waals surface area contributed by atoms with Crippen LogP contribution in [0.4, 0.5) is 11.4 Å². The molecule has 200 valence electrons. The highest BCUT2D eigenvalue weighted by molar-refractivity contribution is 14.0. The Morgan fingerprint density at radius 1 is 1.03 bits per heavy atom. The Morgan fingerprint density at radius 2 is 1.70 bits per heavy atom. The molecule has 8 nitrogen and oxygen atoms in total. The summed E-state index contributed by atoms with van der Waals surface area (Å²) < 4.78 is 1.93. The zero-order valence-corrected chi connectivity index (χ0v) is 24.7. The van der Waals surface area contributed by atoms with E-state index in [4.69, 9.17) is 5.73 Å². The van der Waals surface area contributed by atoms with Crippen LogP contribution in [0.25, 0.3) is 16.7 Å². The Morgan fingerprint density at radius 3 is 2.41 bits per heavy atom. The number of aromatic nitrogens is 2. The summed E-state index contributed by atoms with van der Waals surface area (Å²) in [5.41, 5.74) is 11.0. The number of anilines is 2. The van der Waals surface area contributed by atoms with Gasteiger partial charge >= 0.3 is 0 Å². The van der Waals surface area contributed by atoms with Crippen LogP contribution in [0.2, 0.25) is 0 Å². The molecule has 2 amide bonds. The first-order valence-electron chi connectivity index (χ1n) is 11.4. The summed E-state index contributed by atoms with van der Waals surface area (Å²) in [5.74, 6) is 1.60. The van der Waals surface area contributed by atoms with Crippen molar-refractivity contribution in [2.45, 2.75) is 20.4 Å². The molecule has 0 aliphatic rings. The third kappa shape index (κ3) is 10.6. The van der Waals surface area contributed by atoms with Gasteiger partial charge in [0.15, 0.2) is 0 Å². The predicted octanol–water partition coefficient (Wildman–Crippen LogP) is 6.03. The number of allylic oxidation sites excluding steroid dienone is 1. The zero-order valence-electron chi connectivity index (χ0n) is 20.7. The van der Waals surface area contributed by atoms with Gasteiger partial charge in [-0.2, -0.15) is 5.10 Å². The van der Waals surface area contributed by atoms with E-state index in [0.29, 0.717) is 6.54 Å². The molecule has 2 aromatic carbocycles.